The average Bonchev–Trinajstić information content (AvgIpc) is 2.48. The van der Waals surface area contributed by atoms with E-state index in [4.69, 9.17) is 35.7 Å². The zero-order valence-electron chi connectivity index (χ0n) is 11.8. The molecule has 0 fully saturated rings. The lowest BCUT2D eigenvalue weighted by atomic mass is 10.0. The monoisotopic (exact) mass is 326 g/mol. The number of aliphatic carboxylic acids is 2. The Kier molecular flexibility index (Phi) is 13.5. The zero-order chi connectivity index (χ0) is 17.7. The molecule has 0 aromatic carbocycles. The standard InChI is InChI=1S/C6H12O6.C6H10O4/c7-1-3(9)5(11)6(12)4(10)2-8;7-5(8)3-1-2-4-6(9)10/h1,3-6,8-12H,2H2;1-4H2,(H,7,8)(H,9,10)/t3-,4-,5-,6-;/m1./s1. The molecule has 0 aliphatic rings. The van der Waals surface area contributed by atoms with E-state index in [2.05, 4.69) is 0 Å². The van der Waals surface area contributed by atoms with Gasteiger partial charge in [0, 0.05) is 12.8 Å². The Labute approximate surface area is 126 Å². The first-order chi connectivity index (χ1) is 10.2. The van der Waals surface area contributed by atoms with E-state index in [0.29, 0.717) is 12.8 Å². The highest BCUT2D eigenvalue weighted by Crippen LogP contribution is 2.03. The molecule has 0 aromatic heterocycles. The van der Waals surface area contributed by atoms with E-state index in [1.165, 1.54) is 0 Å². The molecule has 0 bridgehead atoms. The van der Waals surface area contributed by atoms with Gasteiger partial charge in [-0.15, -0.1) is 0 Å². The molecule has 130 valence electrons. The number of aliphatic hydroxyl groups excluding tert-OH is 5. The smallest absolute Gasteiger partial charge is 0.303 e. The van der Waals surface area contributed by atoms with Gasteiger partial charge >= 0.3 is 11.9 Å². The molecule has 10 nitrogen and oxygen atoms in total. The summed E-state index contributed by atoms with van der Waals surface area (Å²) in [6, 6.07) is 0. The van der Waals surface area contributed by atoms with E-state index in [1.807, 2.05) is 0 Å². The predicted molar refractivity (Wildman–Crippen MR) is 70.9 cm³/mol. The molecule has 0 saturated carbocycles. The van der Waals surface area contributed by atoms with Crippen LogP contribution in [0.5, 0.6) is 0 Å². The molecule has 0 unspecified atom stereocenters. The molecular weight excluding hydrogens is 304 g/mol. The minimum atomic E-state index is -1.79. The van der Waals surface area contributed by atoms with Crippen molar-refractivity contribution in [2.75, 3.05) is 6.61 Å². The summed E-state index contributed by atoms with van der Waals surface area (Å²) < 4.78 is 0. The number of hydrogen-bond acceptors (Lipinski definition) is 8. The van der Waals surface area contributed by atoms with Gasteiger partial charge in [0.05, 0.1) is 6.61 Å². The zero-order valence-corrected chi connectivity index (χ0v) is 11.8. The van der Waals surface area contributed by atoms with E-state index >= 15 is 0 Å². The number of carbonyl (C=O) groups is 3. The lowest BCUT2D eigenvalue weighted by Gasteiger charge is -2.22. The number of carbonyl (C=O) groups excluding carboxylic acids is 1. The molecule has 10 heteroatoms. The third kappa shape index (κ3) is 12.2. The highest BCUT2D eigenvalue weighted by Gasteiger charge is 2.29. The van der Waals surface area contributed by atoms with Crippen molar-refractivity contribution in [3.05, 3.63) is 0 Å². The Morgan fingerprint density at radius 1 is 0.864 bits per heavy atom. The number of carboxylic acids is 2. The number of hydrogen-bond donors (Lipinski definition) is 7. The SMILES string of the molecule is O=C(O)CCCCC(=O)O.O=C[C@@H](O)[C@@H](O)[C@H](O)[C@H](O)CO. The topological polar surface area (TPSA) is 193 Å². The van der Waals surface area contributed by atoms with Crippen LogP contribution in [0, 0.1) is 0 Å². The van der Waals surface area contributed by atoms with Gasteiger partial charge < -0.3 is 40.5 Å². The van der Waals surface area contributed by atoms with Gasteiger partial charge in [0.1, 0.15) is 24.4 Å². The molecule has 0 aromatic rings. The largest absolute Gasteiger partial charge is 0.481 e. The summed E-state index contributed by atoms with van der Waals surface area (Å²) in [5.41, 5.74) is 0. The summed E-state index contributed by atoms with van der Waals surface area (Å²) in [6.45, 7) is -0.760. The predicted octanol–water partition coefficient (Wildman–Crippen LogP) is -2.66. The first-order valence-electron chi connectivity index (χ1n) is 6.39. The van der Waals surface area contributed by atoms with Gasteiger partial charge in [-0.3, -0.25) is 9.59 Å². The molecule has 0 saturated heterocycles. The molecule has 0 rings (SSSR count). The van der Waals surface area contributed by atoms with Crippen molar-refractivity contribution in [3.8, 4) is 0 Å². The summed E-state index contributed by atoms with van der Waals surface area (Å²) in [5.74, 6) is -1.74. The Balaban J connectivity index is 0. The Morgan fingerprint density at radius 2 is 1.27 bits per heavy atom. The lowest BCUT2D eigenvalue weighted by molar-refractivity contribution is -0.139. The van der Waals surface area contributed by atoms with Crippen molar-refractivity contribution in [1.29, 1.82) is 0 Å². The van der Waals surface area contributed by atoms with E-state index in [0.717, 1.165) is 0 Å². The second kappa shape index (κ2) is 13.1. The van der Waals surface area contributed by atoms with Crippen LogP contribution in [-0.2, 0) is 14.4 Å². The molecule has 0 heterocycles. The molecule has 0 radical (unpaired) electrons. The maximum Gasteiger partial charge on any atom is 0.303 e. The minimum absolute atomic E-state index is 0.0258. The van der Waals surface area contributed by atoms with Crippen LogP contribution in [0.2, 0.25) is 0 Å². The van der Waals surface area contributed by atoms with E-state index in [-0.39, 0.29) is 19.1 Å². The van der Waals surface area contributed by atoms with E-state index < -0.39 is 43.0 Å². The Morgan fingerprint density at radius 3 is 1.55 bits per heavy atom. The first kappa shape index (κ1) is 22.7. The van der Waals surface area contributed by atoms with Gasteiger partial charge in [0.15, 0.2) is 6.29 Å². The number of aliphatic hydroxyl groups is 5. The number of rotatable bonds is 10. The van der Waals surface area contributed by atoms with Gasteiger partial charge in [-0.25, -0.2) is 0 Å². The van der Waals surface area contributed by atoms with Crippen LogP contribution in [0.1, 0.15) is 25.7 Å². The summed E-state index contributed by atoms with van der Waals surface area (Å²) >= 11 is 0. The molecular formula is C12H22O10. The number of aldehydes is 1. The molecule has 0 aliphatic heterocycles. The molecule has 0 amide bonds. The minimum Gasteiger partial charge on any atom is -0.481 e. The van der Waals surface area contributed by atoms with Gasteiger partial charge in [0.2, 0.25) is 0 Å². The average molecular weight is 326 g/mol. The maximum atomic E-state index is 9.90. The lowest BCUT2D eigenvalue weighted by Crippen LogP contribution is -2.46. The van der Waals surface area contributed by atoms with E-state index in [9.17, 15) is 14.4 Å². The maximum absolute atomic E-state index is 9.90. The fourth-order valence-corrected chi connectivity index (χ4v) is 1.17. The highest BCUT2D eigenvalue weighted by molar-refractivity contribution is 5.67. The van der Waals surface area contributed by atoms with Crippen LogP contribution in [0.3, 0.4) is 0 Å². The third-order valence-corrected chi connectivity index (χ3v) is 2.45. The summed E-state index contributed by atoms with van der Waals surface area (Å²) in [6.07, 6.45) is -5.82. The highest BCUT2D eigenvalue weighted by atomic mass is 16.4. The second-order valence-corrected chi connectivity index (χ2v) is 4.35. The quantitative estimate of drug-likeness (QED) is 0.164. The number of carboxylic acid groups (broad SMARTS) is 2. The van der Waals surface area contributed by atoms with Crippen molar-refractivity contribution in [2.45, 2.75) is 50.1 Å². The van der Waals surface area contributed by atoms with Crippen LogP contribution in [0.25, 0.3) is 0 Å². The van der Waals surface area contributed by atoms with Crippen molar-refractivity contribution < 1.29 is 50.1 Å². The van der Waals surface area contributed by atoms with Gasteiger partial charge in [0.25, 0.3) is 0 Å². The summed E-state index contributed by atoms with van der Waals surface area (Å²) in [4.78, 5) is 29.7. The van der Waals surface area contributed by atoms with E-state index in [1.54, 1.807) is 0 Å². The van der Waals surface area contributed by atoms with Crippen LogP contribution in [0.15, 0.2) is 0 Å². The third-order valence-electron chi connectivity index (χ3n) is 2.45. The number of unbranched alkanes of at least 4 members (excludes halogenated alkanes) is 1. The van der Waals surface area contributed by atoms with Crippen LogP contribution in [-0.4, -0.2) is 85.0 Å². The van der Waals surface area contributed by atoms with Crippen LogP contribution >= 0.6 is 0 Å². The van der Waals surface area contributed by atoms with Crippen molar-refractivity contribution in [3.63, 3.8) is 0 Å². The fraction of sp³-hybridized carbons (Fsp3) is 0.750. The molecule has 4 atom stereocenters. The van der Waals surface area contributed by atoms with Crippen molar-refractivity contribution in [2.24, 2.45) is 0 Å². The van der Waals surface area contributed by atoms with Gasteiger partial charge in [-0.2, -0.15) is 0 Å². The second-order valence-electron chi connectivity index (χ2n) is 4.35. The van der Waals surface area contributed by atoms with Crippen molar-refractivity contribution in [1.82, 2.24) is 0 Å². The van der Waals surface area contributed by atoms with Gasteiger partial charge in [-0.1, -0.05) is 0 Å². The molecule has 0 spiro atoms. The van der Waals surface area contributed by atoms with Crippen molar-refractivity contribution >= 4 is 18.2 Å². The molecule has 7 N–H and O–H groups in total. The summed E-state index contributed by atoms with van der Waals surface area (Å²) in [7, 11) is 0. The Bertz CT molecular complexity index is 316. The first-order valence-corrected chi connectivity index (χ1v) is 6.39. The van der Waals surface area contributed by atoms with Crippen LogP contribution in [0.4, 0.5) is 0 Å². The molecule has 0 aliphatic carbocycles. The normalized spacial score (nSPS) is 15.7. The summed E-state index contributed by atoms with van der Waals surface area (Å²) in [5, 5.41) is 59.8. The molecule has 22 heavy (non-hydrogen) atoms. The Hall–Kier alpha value is -1.59. The fourth-order valence-electron chi connectivity index (χ4n) is 1.17. The van der Waals surface area contributed by atoms with Gasteiger partial charge in [-0.05, 0) is 12.8 Å². The van der Waals surface area contributed by atoms with Crippen LogP contribution < -0.4 is 0 Å².